The Kier molecular flexibility index (Phi) is 2.33. The van der Waals surface area contributed by atoms with Crippen LogP contribution in [0.2, 0.25) is 0 Å². The Balaban J connectivity index is 2.59. The van der Waals surface area contributed by atoms with Crippen LogP contribution in [0.3, 0.4) is 0 Å². The maximum absolute atomic E-state index is 9.99. The first-order valence-electron chi connectivity index (χ1n) is 4.84. The minimum Gasteiger partial charge on any atom is -0.507 e. The van der Waals surface area contributed by atoms with E-state index >= 15 is 0 Å². The average Bonchev–Trinajstić information content (AvgIpc) is 2.65. The zero-order valence-corrected chi connectivity index (χ0v) is 8.49. The number of aromatic amines is 1. The molecule has 0 saturated carbocycles. The topological polar surface area (TPSA) is 74.9 Å². The lowest BCUT2D eigenvalue weighted by Gasteiger charge is -2.07. The molecule has 0 spiro atoms. The Morgan fingerprint density at radius 2 is 2.20 bits per heavy atom. The van der Waals surface area contributed by atoms with Crippen LogP contribution < -0.4 is 5.73 Å². The lowest BCUT2D eigenvalue weighted by Crippen LogP contribution is -1.90. The van der Waals surface area contributed by atoms with Crippen molar-refractivity contribution in [3.05, 3.63) is 30.0 Å². The number of aromatic nitrogens is 2. The second-order valence-corrected chi connectivity index (χ2v) is 3.36. The number of rotatable bonds is 2. The Morgan fingerprint density at radius 3 is 2.80 bits per heavy atom. The molecule has 1 heterocycles. The van der Waals surface area contributed by atoms with Crippen molar-refractivity contribution >= 4 is 5.82 Å². The maximum Gasteiger partial charge on any atom is 0.126 e. The number of phenols is 1. The number of aromatic hydroxyl groups is 1. The Hall–Kier alpha value is -1.97. The molecule has 0 saturated heterocycles. The van der Waals surface area contributed by atoms with Gasteiger partial charge in [-0.3, -0.25) is 5.10 Å². The van der Waals surface area contributed by atoms with Gasteiger partial charge in [-0.15, -0.1) is 0 Å². The molecule has 2 aromatic rings. The van der Waals surface area contributed by atoms with Crippen LogP contribution in [0.25, 0.3) is 11.1 Å². The van der Waals surface area contributed by atoms with E-state index in [2.05, 4.69) is 10.2 Å². The highest BCUT2D eigenvalue weighted by molar-refractivity contribution is 5.78. The molecule has 0 aliphatic rings. The number of benzene rings is 1. The molecule has 4 heteroatoms. The third kappa shape index (κ3) is 1.54. The Labute approximate surface area is 87.7 Å². The van der Waals surface area contributed by atoms with Crippen molar-refractivity contribution in [1.29, 1.82) is 0 Å². The lowest BCUT2D eigenvalue weighted by molar-refractivity contribution is 0.471. The molecule has 15 heavy (non-hydrogen) atoms. The second-order valence-electron chi connectivity index (χ2n) is 3.36. The van der Waals surface area contributed by atoms with Crippen LogP contribution in [0, 0.1) is 0 Å². The van der Waals surface area contributed by atoms with Crippen molar-refractivity contribution in [3.63, 3.8) is 0 Å². The number of para-hydroxylation sites is 1. The third-order valence-corrected chi connectivity index (χ3v) is 2.46. The Bertz CT molecular complexity index is 476. The summed E-state index contributed by atoms with van der Waals surface area (Å²) >= 11 is 0. The fraction of sp³-hybridized carbons (Fsp3) is 0.182. The number of anilines is 1. The fourth-order valence-electron chi connectivity index (χ4n) is 1.60. The van der Waals surface area contributed by atoms with Crippen LogP contribution in [-0.2, 0) is 6.42 Å². The van der Waals surface area contributed by atoms with E-state index in [1.807, 2.05) is 25.1 Å². The quantitative estimate of drug-likeness (QED) is 0.698. The van der Waals surface area contributed by atoms with Crippen molar-refractivity contribution in [2.24, 2.45) is 0 Å². The van der Waals surface area contributed by atoms with Gasteiger partial charge in [0, 0.05) is 11.1 Å². The fourth-order valence-corrected chi connectivity index (χ4v) is 1.60. The van der Waals surface area contributed by atoms with Gasteiger partial charge in [-0.25, -0.2) is 0 Å². The monoisotopic (exact) mass is 203 g/mol. The van der Waals surface area contributed by atoms with Gasteiger partial charge < -0.3 is 10.8 Å². The standard InChI is InChI=1S/C11H13N3O/c1-2-7-4-3-5-8(10(7)15)9-6-13-14-11(9)12/h3-6,15H,2H2,1H3,(H3,12,13,14). The van der Waals surface area contributed by atoms with Crippen molar-refractivity contribution in [2.45, 2.75) is 13.3 Å². The van der Waals surface area contributed by atoms with Crippen LogP contribution in [0.15, 0.2) is 24.4 Å². The van der Waals surface area contributed by atoms with Gasteiger partial charge >= 0.3 is 0 Å². The number of nitrogens with zero attached hydrogens (tertiary/aromatic N) is 1. The highest BCUT2D eigenvalue weighted by Crippen LogP contribution is 2.34. The number of nitrogens with two attached hydrogens (primary N) is 1. The first-order valence-corrected chi connectivity index (χ1v) is 4.84. The predicted molar refractivity (Wildman–Crippen MR) is 59.5 cm³/mol. The molecule has 78 valence electrons. The zero-order chi connectivity index (χ0) is 10.8. The average molecular weight is 203 g/mol. The van der Waals surface area contributed by atoms with Crippen LogP contribution >= 0.6 is 0 Å². The van der Waals surface area contributed by atoms with Gasteiger partial charge in [0.1, 0.15) is 11.6 Å². The lowest BCUT2D eigenvalue weighted by atomic mass is 10.0. The van der Waals surface area contributed by atoms with Gasteiger partial charge in [0.2, 0.25) is 0 Å². The van der Waals surface area contributed by atoms with Gasteiger partial charge in [-0.05, 0) is 12.0 Å². The van der Waals surface area contributed by atoms with E-state index in [-0.39, 0.29) is 5.75 Å². The molecular formula is C11H13N3O. The van der Waals surface area contributed by atoms with E-state index in [1.165, 1.54) is 0 Å². The second kappa shape index (κ2) is 3.65. The Morgan fingerprint density at radius 1 is 1.40 bits per heavy atom. The molecule has 0 atom stereocenters. The smallest absolute Gasteiger partial charge is 0.126 e. The molecule has 4 nitrogen and oxygen atoms in total. The third-order valence-electron chi connectivity index (χ3n) is 2.46. The van der Waals surface area contributed by atoms with Crippen LogP contribution in [0.5, 0.6) is 5.75 Å². The van der Waals surface area contributed by atoms with E-state index in [1.54, 1.807) is 6.20 Å². The van der Waals surface area contributed by atoms with Crippen LogP contribution in [0.4, 0.5) is 5.82 Å². The predicted octanol–water partition coefficient (Wildman–Crippen LogP) is 1.93. The molecule has 2 rings (SSSR count). The summed E-state index contributed by atoms with van der Waals surface area (Å²) in [5.41, 5.74) is 8.08. The minimum absolute atomic E-state index is 0.285. The summed E-state index contributed by atoms with van der Waals surface area (Å²) in [4.78, 5) is 0. The van der Waals surface area contributed by atoms with Crippen LogP contribution in [-0.4, -0.2) is 15.3 Å². The van der Waals surface area contributed by atoms with E-state index in [0.29, 0.717) is 5.82 Å². The largest absolute Gasteiger partial charge is 0.507 e. The van der Waals surface area contributed by atoms with Crippen LogP contribution in [0.1, 0.15) is 12.5 Å². The molecule has 0 amide bonds. The molecular weight excluding hydrogens is 190 g/mol. The van der Waals surface area contributed by atoms with E-state index < -0.39 is 0 Å². The number of H-pyrrole nitrogens is 1. The zero-order valence-electron chi connectivity index (χ0n) is 8.49. The van der Waals surface area contributed by atoms with Gasteiger partial charge in [0.15, 0.2) is 0 Å². The summed E-state index contributed by atoms with van der Waals surface area (Å²) < 4.78 is 0. The minimum atomic E-state index is 0.285. The van der Waals surface area contributed by atoms with Gasteiger partial charge in [-0.1, -0.05) is 25.1 Å². The molecule has 0 aliphatic carbocycles. The highest BCUT2D eigenvalue weighted by atomic mass is 16.3. The van der Waals surface area contributed by atoms with Crippen molar-refractivity contribution in [2.75, 3.05) is 5.73 Å². The van der Waals surface area contributed by atoms with Crippen molar-refractivity contribution in [1.82, 2.24) is 10.2 Å². The summed E-state index contributed by atoms with van der Waals surface area (Å²) in [6.45, 7) is 2.00. The molecule has 1 aromatic heterocycles. The van der Waals surface area contributed by atoms with E-state index in [0.717, 1.165) is 23.1 Å². The molecule has 0 radical (unpaired) electrons. The van der Waals surface area contributed by atoms with Crippen molar-refractivity contribution in [3.8, 4) is 16.9 Å². The number of phenolic OH excluding ortho intramolecular Hbond substituents is 1. The van der Waals surface area contributed by atoms with E-state index in [9.17, 15) is 5.11 Å². The molecule has 0 aliphatic heterocycles. The SMILES string of the molecule is CCc1cccc(-c2cn[nH]c2N)c1O. The summed E-state index contributed by atoms with van der Waals surface area (Å²) in [6, 6.07) is 5.63. The van der Waals surface area contributed by atoms with Gasteiger partial charge in [-0.2, -0.15) is 5.10 Å². The summed E-state index contributed by atoms with van der Waals surface area (Å²) in [5, 5.41) is 16.5. The number of hydrogen-bond acceptors (Lipinski definition) is 3. The summed E-state index contributed by atoms with van der Waals surface area (Å²) in [5.74, 6) is 0.756. The number of nitrogen functional groups attached to an aromatic ring is 1. The number of nitrogens with one attached hydrogen (secondary N) is 1. The van der Waals surface area contributed by atoms with Crippen molar-refractivity contribution < 1.29 is 5.11 Å². The summed E-state index contributed by atoms with van der Waals surface area (Å²) in [6.07, 6.45) is 2.40. The molecule has 4 N–H and O–H groups in total. The van der Waals surface area contributed by atoms with Gasteiger partial charge in [0.25, 0.3) is 0 Å². The molecule has 0 bridgehead atoms. The molecule has 1 aromatic carbocycles. The maximum atomic E-state index is 9.99. The summed E-state index contributed by atoms with van der Waals surface area (Å²) in [7, 11) is 0. The van der Waals surface area contributed by atoms with E-state index in [4.69, 9.17) is 5.73 Å². The molecule has 0 unspecified atom stereocenters. The highest BCUT2D eigenvalue weighted by Gasteiger charge is 2.11. The molecule has 0 fully saturated rings. The number of aryl methyl sites for hydroxylation is 1. The first kappa shape index (κ1) is 9.58. The van der Waals surface area contributed by atoms with Gasteiger partial charge in [0.05, 0.1) is 6.20 Å². The normalized spacial score (nSPS) is 10.5. The number of hydrogen-bond donors (Lipinski definition) is 3. The first-order chi connectivity index (χ1) is 7.24.